The Morgan fingerprint density at radius 1 is 0.950 bits per heavy atom. The first-order chi connectivity index (χ1) is 19.3. The first-order valence-corrected chi connectivity index (χ1v) is 12.9. The second-order valence-electron chi connectivity index (χ2n) is 9.64. The molecule has 1 aliphatic rings. The van der Waals surface area contributed by atoms with E-state index in [4.69, 9.17) is 9.47 Å². The van der Waals surface area contributed by atoms with Gasteiger partial charge in [0.25, 0.3) is 0 Å². The fraction of sp³-hybridized carbons (Fsp3) is 0.233. The fourth-order valence-corrected chi connectivity index (χ4v) is 4.94. The number of anilines is 2. The summed E-state index contributed by atoms with van der Waals surface area (Å²) in [4.78, 5) is 37.2. The van der Waals surface area contributed by atoms with Crippen LogP contribution in [0, 0.1) is 5.82 Å². The van der Waals surface area contributed by atoms with Gasteiger partial charge < -0.3 is 19.9 Å². The Labute approximate surface area is 229 Å². The van der Waals surface area contributed by atoms with Crippen molar-refractivity contribution in [3.8, 4) is 5.75 Å². The molecule has 0 spiro atoms. The molecular weight excluding hydrogens is 517 g/mol. The average Bonchev–Trinajstić information content (AvgIpc) is 3.58. The van der Waals surface area contributed by atoms with Crippen molar-refractivity contribution in [2.24, 2.45) is 0 Å². The molecule has 10 heteroatoms. The zero-order valence-corrected chi connectivity index (χ0v) is 21.8. The number of amides is 2. The van der Waals surface area contributed by atoms with Crippen molar-refractivity contribution in [3.63, 3.8) is 0 Å². The first-order valence-electron chi connectivity index (χ1n) is 12.9. The number of hydrogen-bond acceptors (Lipinski definition) is 5. The minimum Gasteiger partial charge on any atom is -0.496 e. The predicted molar refractivity (Wildman–Crippen MR) is 148 cm³/mol. The second kappa shape index (κ2) is 11.5. The number of aromatic carboxylic acids is 1. The maximum atomic E-state index is 13.3. The van der Waals surface area contributed by atoms with Crippen LogP contribution in [0.15, 0.2) is 66.9 Å². The van der Waals surface area contributed by atoms with E-state index in [1.165, 1.54) is 48.1 Å². The normalized spacial score (nSPS) is 13.2. The molecule has 2 amide bonds. The maximum absolute atomic E-state index is 13.3. The van der Waals surface area contributed by atoms with Crippen molar-refractivity contribution in [3.05, 3.63) is 89.4 Å². The highest BCUT2D eigenvalue weighted by Crippen LogP contribution is 2.31. The van der Waals surface area contributed by atoms with Gasteiger partial charge in [-0.2, -0.15) is 0 Å². The van der Waals surface area contributed by atoms with Crippen LogP contribution in [0.25, 0.3) is 10.9 Å². The van der Waals surface area contributed by atoms with Crippen LogP contribution >= 0.6 is 0 Å². The number of carbonyl (C=O) groups is 3. The van der Waals surface area contributed by atoms with Gasteiger partial charge in [-0.3, -0.25) is 9.88 Å². The molecule has 1 saturated carbocycles. The lowest BCUT2D eigenvalue weighted by molar-refractivity contribution is 0.0696. The number of benzene rings is 3. The molecule has 206 valence electrons. The van der Waals surface area contributed by atoms with E-state index in [1.807, 2.05) is 0 Å². The van der Waals surface area contributed by atoms with Crippen molar-refractivity contribution in [1.82, 2.24) is 4.57 Å². The van der Waals surface area contributed by atoms with Crippen LogP contribution in [-0.2, 0) is 11.2 Å². The third-order valence-electron chi connectivity index (χ3n) is 6.94. The van der Waals surface area contributed by atoms with Crippen LogP contribution in [0.1, 0.15) is 47.2 Å². The van der Waals surface area contributed by atoms with Crippen molar-refractivity contribution in [2.75, 3.05) is 17.7 Å². The Hall–Kier alpha value is -4.86. The van der Waals surface area contributed by atoms with Crippen molar-refractivity contribution < 1.29 is 33.4 Å². The number of aromatic nitrogens is 1. The van der Waals surface area contributed by atoms with E-state index in [0.29, 0.717) is 40.0 Å². The Kier molecular flexibility index (Phi) is 7.68. The minimum absolute atomic E-state index is 0.0863. The van der Waals surface area contributed by atoms with Crippen LogP contribution in [0.3, 0.4) is 0 Å². The van der Waals surface area contributed by atoms with Gasteiger partial charge in [-0.1, -0.05) is 6.07 Å². The zero-order valence-electron chi connectivity index (χ0n) is 21.8. The topological polar surface area (TPSA) is 119 Å². The SMILES string of the molecule is COc1cc(C(=O)O)ccc1Cc1cn(C(=O)Nc2ccc(F)cc2)c2ccc(NC(=O)OC3CCCC3)cc12. The lowest BCUT2D eigenvalue weighted by atomic mass is 10.0. The molecule has 1 aromatic heterocycles. The summed E-state index contributed by atoms with van der Waals surface area (Å²) >= 11 is 0. The number of fused-ring (bicyclic) bond motifs is 1. The summed E-state index contributed by atoms with van der Waals surface area (Å²) in [5.74, 6) is -1.09. The molecule has 3 aromatic carbocycles. The van der Waals surface area contributed by atoms with E-state index >= 15 is 0 Å². The highest BCUT2D eigenvalue weighted by atomic mass is 19.1. The average molecular weight is 546 g/mol. The molecule has 0 aliphatic heterocycles. The van der Waals surface area contributed by atoms with E-state index in [-0.39, 0.29) is 11.7 Å². The monoisotopic (exact) mass is 545 g/mol. The summed E-state index contributed by atoms with van der Waals surface area (Å²) in [7, 11) is 1.46. The van der Waals surface area contributed by atoms with E-state index in [9.17, 15) is 23.9 Å². The smallest absolute Gasteiger partial charge is 0.411 e. The Bertz CT molecular complexity index is 1570. The number of hydrogen-bond donors (Lipinski definition) is 3. The molecule has 0 saturated heterocycles. The van der Waals surface area contributed by atoms with Gasteiger partial charge in [-0.15, -0.1) is 0 Å². The minimum atomic E-state index is -1.07. The van der Waals surface area contributed by atoms with E-state index in [0.717, 1.165) is 31.2 Å². The van der Waals surface area contributed by atoms with Crippen LogP contribution < -0.4 is 15.4 Å². The summed E-state index contributed by atoms with van der Waals surface area (Å²) in [5, 5.41) is 15.6. The number of carbonyl (C=O) groups excluding carboxylic acids is 2. The summed E-state index contributed by atoms with van der Waals surface area (Å²) in [5.41, 5.74) is 3.04. The van der Waals surface area contributed by atoms with E-state index in [2.05, 4.69) is 10.6 Å². The van der Waals surface area contributed by atoms with Gasteiger partial charge >= 0.3 is 18.1 Å². The third kappa shape index (κ3) is 5.90. The summed E-state index contributed by atoms with van der Waals surface area (Å²) < 4.78 is 25.7. The number of rotatable bonds is 7. The highest BCUT2D eigenvalue weighted by molar-refractivity contribution is 6.01. The van der Waals surface area contributed by atoms with Crippen molar-refractivity contribution in [2.45, 2.75) is 38.2 Å². The Morgan fingerprint density at radius 3 is 2.38 bits per heavy atom. The fourth-order valence-electron chi connectivity index (χ4n) is 4.94. The second-order valence-corrected chi connectivity index (χ2v) is 9.64. The third-order valence-corrected chi connectivity index (χ3v) is 6.94. The lowest BCUT2D eigenvalue weighted by Gasteiger charge is -2.13. The molecule has 9 nitrogen and oxygen atoms in total. The molecule has 0 atom stereocenters. The highest BCUT2D eigenvalue weighted by Gasteiger charge is 2.21. The summed E-state index contributed by atoms with van der Waals surface area (Å²) in [6.07, 6.45) is 5.15. The molecule has 1 heterocycles. The van der Waals surface area contributed by atoms with E-state index in [1.54, 1.807) is 30.5 Å². The molecule has 5 rings (SSSR count). The predicted octanol–water partition coefficient (Wildman–Crippen LogP) is 6.65. The van der Waals surface area contributed by atoms with Crippen molar-refractivity contribution >= 4 is 40.4 Å². The number of carboxylic acid groups (broad SMARTS) is 1. The molecule has 1 aliphatic carbocycles. The number of methoxy groups -OCH3 is 1. The molecule has 3 N–H and O–H groups in total. The van der Waals surface area contributed by atoms with Gasteiger partial charge in [0.2, 0.25) is 0 Å². The molecule has 40 heavy (non-hydrogen) atoms. The van der Waals surface area contributed by atoms with Crippen LogP contribution in [0.5, 0.6) is 5.75 Å². The molecular formula is C30H28FN3O6. The number of ether oxygens (including phenoxy) is 2. The zero-order chi connectivity index (χ0) is 28.2. The number of halogens is 1. The number of carboxylic acids is 1. The van der Waals surface area contributed by atoms with Gasteiger partial charge in [0, 0.05) is 29.4 Å². The van der Waals surface area contributed by atoms with Crippen LogP contribution in [-0.4, -0.2) is 41.0 Å². The molecule has 0 unspecified atom stereocenters. The Balaban J connectivity index is 1.49. The van der Waals surface area contributed by atoms with Gasteiger partial charge in [0.05, 0.1) is 18.2 Å². The van der Waals surface area contributed by atoms with Gasteiger partial charge in [-0.25, -0.2) is 18.8 Å². The van der Waals surface area contributed by atoms with Crippen LogP contribution in [0.4, 0.5) is 25.4 Å². The standard InChI is InChI=1S/C30H28FN3O6/c1-39-27-15-19(28(35)36)7-6-18(27)14-20-17-34(29(37)32-22-10-8-21(31)9-11-22)26-13-12-23(16-25(20)26)33-30(38)40-24-4-2-3-5-24/h6-13,15-17,24H,2-5,14H2,1H3,(H,32,37)(H,33,38)(H,35,36). The summed E-state index contributed by atoms with van der Waals surface area (Å²) in [6.45, 7) is 0. The molecule has 4 aromatic rings. The summed E-state index contributed by atoms with van der Waals surface area (Å²) in [6, 6.07) is 14.8. The van der Waals surface area contributed by atoms with Gasteiger partial charge in [0.1, 0.15) is 17.7 Å². The van der Waals surface area contributed by atoms with E-state index < -0.39 is 23.9 Å². The molecule has 1 fully saturated rings. The number of nitrogens with one attached hydrogen (secondary N) is 2. The quantitative estimate of drug-likeness (QED) is 0.239. The van der Waals surface area contributed by atoms with Gasteiger partial charge in [-0.05, 0) is 91.4 Å². The number of nitrogens with zero attached hydrogens (tertiary/aromatic N) is 1. The maximum Gasteiger partial charge on any atom is 0.411 e. The van der Waals surface area contributed by atoms with Crippen molar-refractivity contribution in [1.29, 1.82) is 0 Å². The molecule has 0 radical (unpaired) electrons. The largest absolute Gasteiger partial charge is 0.496 e. The lowest BCUT2D eigenvalue weighted by Crippen LogP contribution is -2.20. The van der Waals surface area contributed by atoms with Gasteiger partial charge in [0.15, 0.2) is 0 Å². The Morgan fingerprint density at radius 2 is 1.68 bits per heavy atom. The molecule has 0 bridgehead atoms. The first kappa shape index (κ1) is 26.7. The van der Waals surface area contributed by atoms with Crippen LogP contribution in [0.2, 0.25) is 0 Å².